The molecule has 1 fully saturated rings. The fraction of sp³-hybridized carbons (Fsp3) is 0.933. The first-order valence-electron chi connectivity index (χ1n) is 7.68. The van der Waals surface area contributed by atoms with Gasteiger partial charge in [0, 0.05) is 5.75 Å². The maximum absolute atomic E-state index is 11.9. The van der Waals surface area contributed by atoms with Crippen molar-refractivity contribution in [2.75, 3.05) is 18.6 Å². The van der Waals surface area contributed by atoms with Gasteiger partial charge in [-0.3, -0.25) is 4.79 Å². The van der Waals surface area contributed by atoms with E-state index in [-0.39, 0.29) is 17.1 Å². The lowest BCUT2D eigenvalue weighted by molar-refractivity contribution is -0.155. The number of methoxy groups -OCH3 is 1. The van der Waals surface area contributed by atoms with E-state index in [4.69, 9.17) is 4.74 Å². The van der Waals surface area contributed by atoms with Crippen LogP contribution in [0, 0.1) is 11.3 Å². The third-order valence-electron chi connectivity index (χ3n) is 4.87. The Hall–Kier alpha value is -0.580. The second kappa shape index (κ2) is 7.43. The van der Waals surface area contributed by atoms with Crippen molar-refractivity contribution in [1.29, 1.82) is 0 Å². The summed E-state index contributed by atoms with van der Waals surface area (Å²) in [5.74, 6) is 1.02. The lowest BCUT2D eigenvalue weighted by Crippen LogP contribution is -2.36. The van der Waals surface area contributed by atoms with Crippen LogP contribution in [0.2, 0.25) is 0 Å². The standard InChI is InChI=1S/C15H28O4S/c1-4-15(14(16)19-3)10-8-13(9-11-15)7-6-12-20(17,18)5-2/h13H,4-12H2,1-3H3. The predicted molar refractivity (Wildman–Crippen MR) is 80.3 cm³/mol. The maximum Gasteiger partial charge on any atom is 0.311 e. The largest absolute Gasteiger partial charge is 0.469 e. The Bertz CT molecular complexity index is 406. The van der Waals surface area contributed by atoms with Crippen molar-refractivity contribution in [2.24, 2.45) is 11.3 Å². The fourth-order valence-electron chi connectivity index (χ4n) is 3.17. The number of ether oxygens (including phenoxy) is 1. The monoisotopic (exact) mass is 304 g/mol. The van der Waals surface area contributed by atoms with E-state index in [1.54, 1.807) is 6.92 Å². The Morgan fingerprint density at radius 2 is 1.85 bits per heavy atom. The number of hydrogen-bond donors (Lipinski definition) is 0. The summed E-state index contributed by atoms with van der Waals surface area (Å²) in [6.07, 6.45) is 6.31. The zero-order valence-corrected chi connectivity index (χ0v) is 13.8. The van der Waals surface area contributed by atoms with Crippen LogP contribution in [-0.4, -0.2) is 33.0 Å². The van der Waals surface area contributed by atoms with E-state index < -0.39 is 9.84 Å². The molecule has 0 aliphatic heterocycles. The summed E-state index contributed by atoms with van der Waals surface area (Å²) < 4.78 is 27.9. The van der Waals surface area contributed by atoms with Crippen LogP contribution in [0.4, 0.5) is 0 Å². The molecule has 0 atom stereocenters. The Balaban J connectivity index is 2.40. The number of carbonyl (C=O) groups is 1. The third kappa shape index (κ3) is 4.47. The van der Waals surface area contributed by atoms with Gasteiger partial charge in [-0.2, -0.15) is 0 Å². The van der Waals surface area contributed by atoms with Crippen LogP contribution >= 0.6 is 0 Å². The molecule has 0 aromatic rings. The zero-order chi connectivity index (χ0) is 15.2. The van der Waals surface area contributed by atoms with Gasteiger partial charge in [0.1, 0.15) is 9.84 Å². The first-order valence-corrected chi connectivity index (χ1v) is 9.50. The molecule has 20 heavy (non-hydrogen) atoms. The summed E-state index contributed by atoms with van der Waals surface area (Å²) in [7, 11) is -1.38. The smallest absolute Gasteiger partial charge is 0.311 e. The topological polar surface area (TPSA) is 60.4 Å². The van der Waals surface area contributed by atoms with Gasteiger partial charge in [0.05, 0.1) is 18.3 Å². The molecule has 5 heteroatoms. The van der Waals surface area contributed by atoms with Crippen LogP contribution in [0.1, 0.15) is 58.8 Å². The molecule has 0 spiro atoms. The molecule has 0 heterocycles. The fourth-order valence-corrected chi connectivity index (χ4v) is 4.07. The molecule has 0 aromatic heterocycles. The molecule has 0 amide bonds. The van der Waals surface area contributed by atoms with E-state index in [2.05, 4.69) is 0 Å². The van der Waals surface area contributed by atoms with Crippen LogP contribution in [0.15, 0.2) is 0 Å². The Morgan fingerprint density at radius 1 is 1.25 bits per heavy atom. The van der Waals surface area contributed by atoms with Crippen molar-refractivity contribution >= 4 is 15.8 Å². The minimum absolute atomic E-state index is 0.0768. The molecular weight excluding hydrogens is 276 g/mol. The quantitative estimate of drug-likeness (QED) is 0.678. The summed E-state index contributed by atoms with van der Waals surface area (Å²) in [6, 6.07) is 0. The molecular formula is C15H28O4S. The molecule has 0 unspecified atom stereocenters. The highest BCUT2D eigenvalue weighted by Gasteiger charge is 2.40. The molecule has 0 N–H and O–H groups in total. The van der Waals surface area contributed by atoms with Crippen molar-refractivity contribution in [3.63, 3.8) is 0 Å². The zero-order valence-electron chi connectivity index (χ0n) is 13.0. The number of esters is 1. The SMILES string of the molecule is CCC1(C(=O)OC)CCC(CCCS(=O)(=O)CC)CC1. The second-order valence-electron chi connectivity index (χ2n) is 5.95. The van der Waals surface area contributed by atoms with Crippen LogP contribution in [-0.2, 0) is 19.4 Å². The molecule has 1 aliphatic rings. The first kappa shape index (κ1) is 17.5. The number of hydrogen-bond acceptors (Lipinski definition) is 4. The minimum atomic E-state index is -2.84. The second-order valence-corrected chi connectivity index (χ2v) is 8.42. The van der Waals surface area contributed by atoms with Crippen LogP contribution in [0.25, 0.3) is 0 Å². The van der Waals surface area contributed by atoms with Gasteiger partial charge in [-0.1, -0.05) is 13.8 Å². The highest BCUT2D eigenvalue weighted by atomic mass is 32.2. The minimum Gasteiger partial charge on any atom is -0.469 e. The van der Waals surface area contributed by atoms with Crippen LogP contribution in [0.3, 0.4) is 0 Å². The first-order chi connectivity index (χ1) is 9.39. The summed E-state index contributed by atoms with van der Waals surface area (Å²) >= 11 is 0. The molecule has 0 bridgehead atoms. The highest BCUT2D eigenvalue weighted by Crippen LogP contribution is 2.43. The molecule has 0 aromatic carbocycles. The van der Waals surface area contributed by atoms with Crippen LogP contribution in [0.5, 0.6) is 0 Å². The van der Waals surface area contributed by atoms with Gasteiger partial charge >= 0.3 is 5.97 Å². The predicted octanol–water partition coefficient (Wildman–Crippen LogP) is 2.96. The molecule has 1 rings (SSSR count). The maximum atomic E-state index is 11.9. The van der Waals surface area contributed by atoms with Gasteiger partial charge in [-0.05, 0) is 50.9 Å². The Labute approximate surface area is 123 Å². The highest BCUT2D eigenvalue weighted by molar-refractivity contribution is 7.91. The average molecular weight is 304 g/mol. The number of sulfone groups is 1. The molecule has 4 nitrogen and oxygen atoms in total. The van der Waals surface area contributed by atoms with Gasteiger partial charge < -0.3 is 4.74 Å². The van der Waals surface area contributed by atoms with Crippen molar-refractivity contribution in [1.82, 2.24) is 0 Å². The van der Waals surface area contributed by atoms with Gasteiger partial charge in [0.2, 0.25) is 0 Å². The van der Waals surface area contributed by atoms with Crippen LogP contribution < -0.4 is 0 Å². The van der Waals surface area contributed by atoms with Gasteiger partial charge in [-0.15, -0.1) is 0 Å². The summed E-state index contributed by atoms with van der Waals surface area (Å²) in [4.78, 5) is 11.9. The lowest BCUT2D eigenvalue weighted by Gasteiger charge is -2.37. The van der Waals surface area contributed by atoms with Crippen molar-refractivity contribution in [3.8, 4) is 0 Å². The van der Waals surface area contributed by atoms with Crippen molar-refractivity contribution in [2.45, 2.75) is 58.8 Å². The van der Waals surface area contributed by atoms with Gasteiger partial charge in [0.25, 0.3) is 0 Å². The van der Waals surface area contributed by atoms with E-state index in [9.17, 15) is 13.2 Å². The molecule has 118 valence electrons. The number of carbonyl (C=O) groups excluding carboxylic acids is 1. The Morgan fingerprint density at radius 3 is 2.30 bits per heavy atom. The molecule has 0 radical (unpaired) electrons. The lowest BCUT2D eigenvalue weighted by atomic mass is 9.68. The molecule has 0 saturated heterocycles. The molecule has 1 aliphatic carbocycles. The normalized spacial score (nSPS) is 27.2. The summed E-state index contributed by atoms with van der Waals surface area (Å²) in [5.41, 5.74) is -0.291. The third-order valence-corrected chi connectivity index (χ3v) is 6.66. The average Bonchev–Trinajstić information content (AvgIpc) is 2.47. The van der Waals surface area contributed by atoms with E-state index in [1.165, 1.54) is 7.11 Å². The van der Waals surface area contributed by atoms with Crippen molar-refractivity contribution in [3.05, 3.63) is 0 Å². The number of rotatable bonds is 7. The van der Waals surface area contributed by atoms with Gasteiger partial charge in [0.15, 0.2) is 0 Å². The Kier molecular flexibility index (Phi) is 6.49. The summed E-state index contributed by atoms with van der Waals surface area (Å²) in [6.45, 7) is 3.74. The van der Waals surface area contributed by atoms with E-state index in [0.29, 0.717) is 11.7 Å². The van der Waals surface area contributed by atoms with Gasteiger partial charge in [-0.25, -0.2) is 8.42 Å². The van der Waals surface area contributed by atoms with Crippen molar-refractivity contribution < 1.29 is 17.9 Å². The van der Waals surface area contributed by atoms with E-state index in [1.807, 2.05) is 6.92 Å². The van der Waals surface area contributed by atoms with E-state index >= 15 is 0 Å². The summed E-state index contributed by atoms with van der Waals surface area (Å²) in [5, 5.41) is 0. The van der Waals surface area contributed by atoms with E-state index in [0.717, 1.165) is 44.9 Å². The molecule has 1 saturated carbocycles.